The summed E-state index contributed by atoms with van der Waals surface area (Å²) < 4.78 is 5.29. The molecule has 0 fully saturated rings. The van der Waals surface area contributed by atoms with Crippen molar-refractivity contribution in [3.8, 4) is 0 Å². The van der Waals surface area contributed by atoms with E-state index in [1.165, 1.54) is 5.56 Å². The van der Waals surface area contributed by atoms with Gasteiger partial charge in [-0.1, -0.05) is 0 Å². The van der Waals surface area contributed by atoms with Crippen molar-refractivity contribution in [3.05, 3.63) is 22.8 Å². The summed E-state index contributed by atoms with van der Waals surface area (Å²) in [4.78, 5) is 9.28. The van der Waals surface area contributed by atoms with E-state index in [0.29, 0.717) is 0 Å². The molecule has 0 amide bonds. The van der Waals surface area contributed by atoms with Crippen LogP contribution in [-0.4, -0.2) is 35.3 Å². The molecule has 1 rings (SSSR count). The molecule has 4 nitrogen and oxygen atoms in total. The first kappa shape index (κ1) is 18.1. The van der Waals surface area contributed by atoms with E-state index in [2.05, 4.69) is 49.9 Å². The Hall–Kier alpha value is -1.00. The van der Waals surface area contributed by atoms with Crippen LogP contribution in [0.5, 0.6) is 0 Å². The normalized spacial score (nSPS) is 13.5. The molecule has 0 aromatic carbocycles. The Labute approximate surface area is 129 Å². The highest BCUT2D eigenvalue weighted by Crippen LogP contribution is 2.14. The maximum Gasteiger partial charge on any atom is 0.131 e. The molecule has 1 heterocycles. The molecule has 1 N–H and O–H groups in total. The van der Waals surface area contributed by atoms with Crippen molar-refractivity contribution in [2.45, 2.75) is 72.4 Å². The van der Waals surface area contributed by atoms with Crippen LogP contribution in [0.15, 0.2) is 0 Å². The number of methoxy groups -OCH3 is 1. The van der Waals surface area contributed by atoms with Gasteiger partial charge >= 0.3 is 0 Å². The molecule has 1 aromatic heterocycles. The van der Waals surface area contributed by atoms with Gasteiger partial charge < -0.3 is 10.1 Å². The molecule has 1 atom stereocenters. The average Bonchev–Trinajstić information content (AvgIpc) is 2.35. The zero-order valence-electron chi connectivity index (χ0n) is 14.7. The quantitative estimate of drug-likeness (QED) is 0.785. The first-order chi connectivity index (χ1) is 9.73. The second-order valence-electron chi connectivity index (χ2n) is 6.82. The smallest absolute Gasteiger partial charge is 0.131 e. The molecule has 0 aliphatic carbocycles. The Kier molecular flexibility index (Phi) is 6.75. The van der Waals surface area contributed by atoms with Crippen molar-refractivity contribution in [2.24, 2.45) is 0 Å². The lowest BCUT2D eigenvalue weighted by molar-refractivity contribution is 0.117. The number of hydrogen-bond donors (Lipinski definition) is 1. The minimum Gasteiger partial charge on any atom is -0.381 e. The van der Waals surface area contributed by atoms with Crippen LogP contribution in [0.25, 0.3) is 0 Å². The van der Waals surface area contributed by atoms with E-state index in [9.17, 15) is 0 Å². The highest BCUT2D eigenvalue weighted by molar-refractivity contribution is 5.24. The fourth-order valence-corrected chi connectivity index (χ4v) is 2.33. The van der Waals surface area contributed by atoms with E-state index in [1.54, 1.807) is 7.11 Å². The lowest BCUT2D eigenvalue weighted by Gasteiger charge is -2.20. The number of aromatic nitrogens is 2. The molecule has 1 aromatic rings. The van der Waals surface area contributed by atoms with Crippen LogP contribution in [-0.2, 0) is 17.6 Å². The molecule has 4 heteroatoms. The fraction of sp³-hybridized carbons (Fsp3) is 0.765. The van der Waals surface area contributed by atoms with Gasteiger partial charge in [-0.2, -0.15) is 0 Å². The van der Waals surface area contributed by atoms with Crippen LogP contribution in [0.4, 0.5) is 0 Å². The van der Waals surface area contributed by atoms with Gasteiger partial charge in [0.05, 0.1) is 6.10 Å². The average molecular weight is 293 g/mol. The molecular weight excluding hydrogens is 262 g/mol. The monoisotopic (exact) mass is 293 g/mol. The van der Waals surface area contributed by atoms with Crippen LogP contribution in [0.2, 0.25) is 0 Å². The second-order valence-corrected chi connectivity index (χ2v) is 6.82. The third-order valence-electron chi connectivity index (χ3n) is 3.60. The van der Waals surface area contributed by atoms with Crippen molar-refractivity contribution in [3.63, 3.8) is 0 Å². The van der Waals surface area contributed by atoms with E-state index in [1.807, 2.05) is 6.92 Å². The predicted molar refractivity (Wildman–Crippen MR) is 87.8 cm³/mol. The molecule has 0 aliphatic heterocycles. The van der Waals surface area contributed by atoms with E-state index in [-0.39, 0.29) is 11.6 Å². The summed E-state index contributed by atoms with van der Waals surface area (Å²) in [6, 6.07) is 0. The standard InChI is InChI=1S/C17H31N3O/c1-12(21-7)11-16-19-13(2)15(14(3)20-16)9-8-10-18-17(4,5)6/h12,18H,8-11H2,1-7H3. The SMILES string of the molecule is COC(C)Cc1nc(C)c(CCCNC(C)(C)C)c(C)n1. The van der Waals surface area contributed by atoms with Crippen molar-refractivity contribution >= 4 is 0 Å². The summed E-state index contributed by atoms with van der Waals surface area (Å²) in [5, 5.41) is 3.52. The summed E-state index contributed by atoms with van der Waals surface area (Å²) in [5.74, 6) is 0.885. The van der Waals surface area contributed by atoms with Crippen LogP contribution in [0.1, 0.15) is 56.9 Å². The Morgan fingerprint density at radius 1 is 1.14 bits per heavy atom. The molecular formula is C17H31N3O. The summed E-state index contributed by atoms with van der Waals surface area (Å²) in [6.45, 7) is 13.8. The zero-order chi connectivity index (χ0) is 16.0. The summed E-state index contributed by atoms with van der Waals surface area (Å²) in [6.07, 6.45) is 3.06. The van der Waals surface area contributed by atoms with E-state index in [4.69, 9.17) is 4.74 Å². The van der Waals surface area contributed by atoms with E-state index >= 15 is 0 Å². The van der Waals surface area contributed by atoms with Crippen molar-refractivity contribution in [1.82, 2.24) is 15.3 Å². The molecule has 0 saturated carbocycles. The van der Waals surface area contributed by atoms with Crippen LogP contribution >= 0.6 is 0 Å². The summed E-state index contributed by atoms with van der Waals surface area (Å²) in [5.41, 5.74) is 3.69. The van der Waals surface area contributed by atoms with E-state index < -0.39 is 0 Å². The molecule has 0 aliphatic rings. The number of nitrogens with one attached hydrogen (secondary N) is 1. The predicted octanol–water partition coefficient (Wildman–Crippen LogP) is 2.99. The number of rotatable bonds is 7. The topological polar surface area (TPSA) is 47.0 Å². The van der Waals surface area contributed by atoms with Crippen molar-refractivity contribution < 1.29 is 4.74 Å². The van der Waals surface area contributed by atoms with Gasteiger partial charge in [0.25, 0.3) is 0 Å². The fourth-order valence-electron chi connectivity index (χ4n) is 2.33. The number of aryl methyl sites for hydroxylation is 2. The number of hydrogen-bond acceptors (Lipinski definition) is 4. The molecule has 120 valence electrons. The second kappa shape index (κ2) is 7.85. The van der Waals surface area contributed by atoms with Crippen molar-refractivity contribution in [2.75, 3.05) is 13.7 Å². The lowest BCUT2D eigenvalue weighted by Crippen LogP contribution is -2.36. The first-order valence-electron chi connectivity index (χ1n) is 7.83. The molecule has 0 spiro atoms. The lowest BCUT2D eigenvalue weighted by atomic mass is 10.0. The molecule has 0 bridgehead atoms. The number of nitrogens with zero attached hydrogens (tertiary/aromatic N) is 2. The molecule has 1 unspecified atom stereocenters. The Morgan fingerprint density at radius 2 is 1.71 bits per heavy atom. The van der Waals surface area contributed by atoms with Gasteiger partial charge in [0.15, 0.2) is 0 Å². The third-order valence-corrected chi connectivity index (χ3v) is 3.60. The number of ether oxygens (including phenoxy) is 1. The van der Waals surface area contributed by atoms with Crippen molar-refractivity contribution in [1.29, 1.82) is 0 Å². The summed E-state index contributed by atoms with van der Waals surface area (Å²) >= 11 is 0. The van der Waals surface area contributed by atoms with Gasteiger partial charge in [0, 0.05) is 30.5 Å². The van der Waals surface area contributed by atoms with Crippen LogP contribution < -0.4 is 5.32 Å². The van der Waals surface area contributed by atoms with Crippen LogP contribution in [0, 0.1) is 13.8 Å². The molecule has 0 radical (unpaired) electrons. The van der Waals surface area contributed by atoms with Gasteiger partial charge in [-0.25, -0.2) is 9.97 Å². The van der Waals surface area contributed by atoms with Gasteiger partial charge in [-0.15, -0.1) is 0 Å². The highest BCUT2D eigenvalue weighted by atomic mass is 16.5. The van der Waals surface area contributed by atoms with E-state index in [0.717, 1.165) is 43.0 Å². The van der Waals surface area contributed by atoms with Crippen LogP contribution in [0.3, 0.4) is 0 Å². The van der Waals surface area contributed by atoms with Gasteiger partial charge in [0.2, 0.25) is 0 Å². The largest absolute Gasteiger partial charge is 0.381 e. The molecule has 0 saturated heterocycles. The zero-order valence-corrected chi connectivity index (χ0v) is 14.7. The third kappa shape index (κ3) is 6.53. The highest BCUT2D eigenvalue weighted by Gasteiger charge is 2.12. The van der Waals surface area contributed by atoms with Gasteiger partial charge in [0.1, 0.15) is 5.82 Å². The first-order valence-corrected chi connectivity index (χ1v) is 7.83. The minimum absolute atomic E-state index is 0.158. The maximum absolute atomic E-state index is 5.29. The Morgan fingerprint density at radius 3 is 2.19 bits per heavy atom. The Balaban J connectivity index is 2.63. The minimum atomic E-state index is 0.158. The van der Waals surface area contributed by atoms with Gasteiger partial charge in [-0.3, -0.25) is 0 Å². The summed E-state index contributed by atoms with van der Waals surface area (Å²) in [7, 11) is 1.72. The Bertz CT molecular complexity index is 429. The molecule has 21 heavy (non-hydrogen) atoms. The maximum atomic E-state index is 5.29. The van der Waals surface area contributed by atoms with Gasteiger partial charge in [-0.05, 0) is 66.5 Å².